The predicted octanol–water partition coefficient (Wildman–Crippen LogP) is 1.20. The van der Waals surface area contributed by atoms with Crippen molar-refractivity contribution in [2.24, 2.45) is 5.73 Å². The van der Waals surface area contributed by atoms with Gasteiger partial charge in [0.2, 0.25) is 5.91 Å². The highest BCUT2D eigenvalue weighted by molar-refractivity contribution is 9.10. The molecule has 1 atom stereocenters. The molecule has 0 aliphatic rings. The lowest BCUT2D eigenvalue weighted by Crippen LogP contribution is -2.38. The molecular weight excluding hydrogens is 300 g/mol. The van der Waals surface area contributed by atoms with Gasteiger partial charge in [0.25, 0.3) is 0 Å². The van der Waals surface area contributed by atoms with Crippen LogP contribution in [0, 0.1) is 0 Å². The van der Waals surface area contributed by atoms with Gasteiger partial charge in [0.1, 0.15) is 0 Å². The van der Waals surface area contributed by atoms with E-state index in [0.717, 1.165) is 10.0 Å². The van der Waals surface area contributed by atoms with Crippen molar-refractivity contribution in [2.45, 2.75) is 19.5 Å². The van der Waals surface area contributed by atoms with Crippen molar-refractivity contribution in [3.05, 3.63) is 33.8 Å². The Bertz CT molecular complexity index is 463. The molecule has 0 aromatic heterocycles. The summed E-state index contributed by atoms with van der Waals surface area (Å²) >= 11 is 3.37. The molecule has 0 fully saturated rings. The van der Waals surface area contributed by atoms with Crippen LogP contribution < -0.4 is 11.1 Å². The first-order valence-electron chi connectivity index (χ1n) is 5.35. The topological polar surface area (TPSA) is 81.4 Å². The first-order chi connectivity index (χ1) is 8.45. The molecule has 0 aliphatic heterocycles. The number of esters is 1. The minimum absolute atomic E-state index is 0.388. The minimum atomic E-state index is -0.405. The van der Waals surface area contributed by atoms with Crippen LogP contribution in [0.15, 0.2) is 22.7 Å². The number of rotatable bonds is 5. The van der Waals surface area contributed by atoms with Crippen LogP contribution in [0.25, 0.3) is 0 Å². The third-order valence-corrected chi connectivity index (χ3v) is 3.24. The van der Waals surface area contributed by atoms with Crippen molar-refractivity contribution in [2.75, 3.05) is 7.11 Å². The number of halogens is 1. The summed E-state index contributed by atoms with van der Waals surface area (Å²) in [5.41, 5.74) is 6.54. The maximum absolute atomic E-state index is 11.3. The Morgan fingerprint density at radius 2 is 2.17 bits per heavy atom. The Morgan fingerprint density at radius 1 is 1.50 bits per heavy atom. The Balaban J connectivity index is 2.74. The van der Waals surface area contributed by atoms with Gasteiger partial charge in [-0.05, 0) is 24.6 Å². The van der Waals surface area contributed by atoms with Gasteiger partial charge in [-0.15, -0.1) is 0 Å². The molecule has 18 heavy (non-hydrogen) atoms. The Morgan fingerprint density at radius 3 is 2.67 bits per heavy atom. The van der Waals surface area contributed by atoms with Crippen molar-refractivity contribution in [1.29, 1.82) is 0 Å². The van der Waals surface area contributed by atoms with E-state index < -0.39 is 11.9 Å². The van der Waals surface area contributed by atoms with Crippen LogP contribution in [-0.2, 0) is 16.1 Å². The van der Waals surface area contributed by atoms with Crippen LogP contribution in [0.4, 0.5) is 0 Å². The quantitative estimate of drug-likeness (QED) is 0.800. The third-order valence-electron chi connectivity index (χ3n) is 2.50. The summed E-state index contributed by atoms with van der Waals surface area (Å²) in [5, 5.41) is 2.98. The summed E-state index contributed by atoms with van der Waals surface area (Å²) in [6, 6.07) is 4.73. The summed E-state index contributed by atoms with van der Waals surface area (Å²) in [5.74, 6) is -0.794. The summed E-state index contributed by atoms with van der Waals surface area (Å²) in [4.78, 5) is 22.2. The van der Waals surface area contributed by atoms with Crippen LogP contribution in [0.5, 0.6) is 0 Å². The fourth-order valence-corrected chi connectivity index (χ4v) is 1.82. The molecule has 0 bridgehead atoms. The van der Waals surface area contributed by atoms with E-state index in [-0.39, 0.29) is 5.97 Å². The number of hydrogen-bond donors (Lipinski definition) is 2. The van der Waals surface area contributed by atoms with Gasteiger partial charge in [0.15, 0.2) is 0 Å². The maximum atomic E-state index is 11.3. The molecule has 0 saturated heterocycles. The van der Waals surface area contributed by atoms with Crippen molar-refractivity contribution in [1.82, 2.24) is 5.32 Å². The van der Waals surface area contributed by atoms with Gasteiger partial charge in [0, 0.05) is 11.0 Å². The van der Waals surface area contributed by atoms with Crippen LogP contribution >= 0.6 is 15.9 Å². The summed E-state index contributed by atoms with van der Waals surface area (Å²) in [6.45, 7) is 2.17. The summed E-state index contributed by atoms with van der Waals surface area (Å²) in [6.07, 6.45) is 0. The third kappa shape index (κ3) is 3.82. The normalized spacial score (nSPS) is 11.9. The first kappa shape index (κ1) is 14.7. The van der Waals surface area contributed by atoms with Crippen LogP contribution in [0.3, 0.4) is 0 Å². The SMILES string of the molecule is COC(=O)c1ccc(CNC(C)C(N)=O)c(Br)c1. The lowest BCUT2D eigenvalue weighted by molar-refractivity contribution is -0.119. The molecule has 0 heterocycles. The molecule has 6 heteroatoms. The molecule has 98 valence electrons. The monoisotopic (exact) mass is 314 g/mol. The molecule has 0 radical (unpaired) electrons. The first-order valence-corrected chi connectivity index (χ1v) is 6.14. The van der Waals surface area contributed by atoms with E-state index in [1.165, 1.54) is 7.11 Å². The highest BCUT2D eigenvalue weighted by Crippen LogP contribution is 2.19. The van der Waals surface area contributed by atoms with E-state index in [4.69, 9.17) is 5.73 Å². The number of nitrogens with one attached hydrogen (secondary N) is 1. The van der Waals surface area contributed by atoms with Crippen LogP contribution in [0.2, 0.25) is 0 Å². The second-order valence-corrected chi connectivity index (χ2v) is 4.66. The van der Waals surface area contributed by atoms with Gasteiger partial charge >= 0.3 is 5.97 Å². The van der Waals surface area contributed by atoms with Crippen molar-refractivity contribution < 1.29 is 14.3 Å². The van der Waals surface area contributed by atoms with E-state index in [1.807, 2.05) is 0 Å². The molecule has 3 N–H and O–H groups in total. The fraction of sp³-hybridized carbons (Fsp3) is 0.333. The number of methoxy groups -OCH3 is 1. The lowest BCUT2D eigenvalue weighted by atomic mass is 10.1. The summed E-state index contributed by atoms with van der Waals surface area (Å²) < 4.78 is 5.40. The highest BCUT2D eigenvalue weighted by Gasteiger charge is 2.11. The molecule has 1 rings (SSSR count). The Kier molecular flexibility index (Phi) is 5.30. The second-order valence-electron chi connectivity index (χ2n) is 3.80. The standard InChI is InChI=1S/C12H15BrN2O3/c1-7(11(14)16)15-6-9-4-3-8(5-10(9)13)12(17)18-2/h3-5,7,15H,6H2,1-2H3,(H2,14,16). The van der Waals surface area contributed by atoms with Gasteiger partial charge in [-0.2, -0.15) is 0 Å². The van der Waals surface area contributed by atoms with Crippen LogP contribution in [-0.4, -0.2) is 25.0 Å². The molecule has 0 spiro atoms. The molecule has 1 aromatic rings. The number of hydrogen-bond acceptors (Lipinski definition) is 4. The van der Waals surface area contributed by atoms with E-state index >= 15 is 0 Å². The Hall–Kier alpha value is -1.40. The number of ether oxygens (including phenoxy) is 1. The largest absolute Gasteiger partial charge is 0.465 e. The van der Waals surface area contributed by atoms with Crippen LogP contribution in [0.1, 0.15) is 22.8 Å². The van der Waals surface area contributed by atoms with Crippen molar-refractivity contribution in [3.8, 4) is 0 Å². The predicted molar refractivity (Wildman–Crippen MR) is 71.0 cm³/mol. The molecular formula is C12H15BrN2O3. The van der Waals surface area contributed by atoms with E-state index in [2.05, 4.69) is 26.0 Å². The zero-order chi connectivity index (χ0) is 13.7. The Labute approximate surface area is 114 Å². The number of carbonyl (C=O) groups excluding carboxylic acids is 2. The highest BCUT2D eigenvalue weighted by atomic mass is 79.9. The van der Waals surface area contributed by atoms with E-state index in [1.54, 1.807) is 25.1 Å². The van der Waals surface area contributed by atoms with Gasteiger partial charge in [0.05, 0.1) is 18.7 Å². The fourth-order valence-electron chi connectivity index (χ4n) is 1.30. The molecule has 1 unspecified atom stereocenters. The molecule has 0 saturated carbocycles. The van der Waals surface area contributed by atoms with Gasteiger partial charge in [-0.1, -0.05) is 22.0 Å². The minimum Gasteiger partial charge on any atom is -0.465 e. The molecule has 5 nitrogen and oxygen atoms in total. The number of nitrogens with two attached hydrogens (primary N) is 1. The number of carbonyl (C=O) groups is 2. The van der Waals surface area contributed by atoms with Crippen molar-refractivity contribution in [3.63, 3.8) is 0 Å². The number of amides is 1. The zero-order valence-electron chi connectivity index (χ0n) is 10.2. The van der Waals surface area contributed by atoms with Gasteiger partial charge in [-0.3, -0.25) is 4.79 Å². The average Bonchev–Trinajstić information content (AvgIpc) is 2.35. The maximum Gasteiger partial charge on any atom is 0.337 e. The summed E-state index contributed by atoms with van der Waals surface area (Å²) in [7, 11) is 1.33. The van der Waals surface area contributed by atoms with Gasteiger partial charge < -0.3 is 15.8 Å². The molecule has 1 aromatic carbocycles. The van der Waals surface area contributed by atoms with Crippen molar-refractivity contribution >= 4 is 27.8 Å². The number of benzene rings is 1. The zero-order valence-corrected chi connectivity index (χ0v) is 11.8. The molecule has 1 amide bonds. The average molecular weight is 315 g/mol. The second kappa shape index (κ2) is 6.51. The van der Waals surface area contributed by atoms with Gasteiger partial charge in [-0.25, -0.2) is 4.79 Å². The number of primary amides is 1. The smallest absolute Gasteiger partial charge is 0.337 e. The lowest BCUT2D eigenvalue weighted by Gasteiger charge is -2.11. The van der Waals surface area contributed by atoms with E-state index in [9.17, 15) is 9.59 Å². The van der Waals surface area contributed by atoms with E-state index in [0.29, 0.717) is 12.1 Å². The molecule has 0 aliphatic carbocycles.